The monoisotopic (exact) mass is 244 g/mol. The summed E-state index contributed by atoms with van der Waals surface area (Å²) in [5.74, 6) is 0. The molecule has 17 heavy (non-hydrogen) atoms. The van der Waals surface area contributed by atoms with Crippen LogP contribution in [0, 0.1) is 11.7 Å². The number of H-pyrrole nitrogens is 1. The summed E-state index contributed by atoms with van der Waals surface area (Å²) in [6.45, 7) is 2.11. The molecule has 0 bridgehead atoms. The van der Waals surface area contributed by atoms with Crippen LogP contribution in [0.25, 0.3) is 11.0 Å². The molecule has 0 saturated heterocycles. The van der Waals surface area contributed by atoms with Crippen molar-refractivity contribution in [1.82, 2.24) is 9.55 Å². The maximum Gasteiger partial charge on any atom is 0.178 e. The Kier molecular flexibility index (Phi) is 2.63. The van der Waals surface area contributed by atoms with Gasteiger partial charge in [0, 0.05) is 6.04 Å². The highest BCUT2D eigenvalue weighted by atomic mass is 32.1. The highest BCUT2D eigenvalue weighted by Gasteiger charge is 2.15. The van der Waals surface area contributed by atoms with Gasteiger partial charge in [-0.1, -0.05) is 18.2 Å². The minimum absolute atomic E-state index is 0.518. The fourth-order valence-electron chi connectivity index (χ4n) is 2.62. The molecule has 0 amide bonds. The van der Waals surface area contributed by atoms with Gasteiger partial charge in [-0.3, -0.25) is 0 Å². The number of fused-ring (bicyclic) bond motifs is 1. The van der Waals surface area contributed by atoms with Gasteiger partial charge < -0.3 is 9.55 Å². The Morgan fingerprint density at radius 2 is 2.24 bits per heavy atom. The zero-order chi connectivity index (χ0) is 11.8. The van der Waals surface area contributed by atoms with E-state index in [4.69, 9.17) is 12.2 Å². The molecule has 0 saturated carbocycles. The molecule has 2 aromatic rings. The van der Waals surface area contributed by atoms with Crippen LogP contribution < -0.4 is 0 Å². The highest BCUT2D eigenvalue weighted by Crippen LogP contribution is 2.28. The number of allylic oxidation sites excluding steroid dienone is 2. The second kappa shape index (κ2) is 4.15. The molecule has 1 unspecified atom stereocenters. The summed E-state index contributed by atoms with van der Waals surface area (Å²) < 4.78 is 3.14. The lowest BCUT2D eigenvalue weighted by atomic mass is 10.0. The zero-order valence-corrected chi connectivity index (χ0v) is 10.8. The van der Waals surface area contributed by atoms with Crippen molar-refractivity contribution in [2.45, 2.75) is 32.2 Å². The molecule has 1 aromatic carbocycles. The van der Waals surface area contributed by atoms with E-state index in [1.165, 1.54) is 17.5 Å². The fraction of sp³-hybridized carbons (Fsp3) is 0.357. The molecule has 1 heterocycles. The van der Waals surface area contributed by atoms with E-state index < -0.39 is 0 Å². The van der Waals surface area contributed by atoms with Crippen LogP contribution in [0.15, 0.2) is 30.4 Å². The van der Waals surface area contributed by atoms with Crippen LogP contribution in [0.1, 0.15) is 30.9 Å². The molecule has 3 rings (SSSR count). The van der Waals surface area contributed by atoms with Gasteiger partial charge in [0.05, 0.1) is 11.0 Å². The Hall–Kier alpha value is -1.35. The Balaban J connectivity index is 2.18. The lowest BCUT2D eigenvalue weighted by molar-refractivity contribution is 0.467. The van der Waals surface area contributed by atoms with E-state index >= 15 is 0 Å². The summed E-state index contributed by atoms with van der Waals surface area (Å²) in [6, 6.07) is 7.01. The van der Waals surface area contributed by atoms with Crippen molar-refractivity contribution in [2.75, 3.05) is 0 Å². The third-order valence-electron chi connectivity index (χ3n) is 3.48. The van der Waals surface area contributed by atoms with Gasteiger partial charge in [-0.25, -0.2) is 0 Å². The first-order valence-corrected chi connectivity index (χ1v) is 6.52. The van der Waals surface area contributed by atoms with Crippen LogP contribution in [0.3, 0.4) is 0 Å². The van der Waals surface area contributed by atoms with Crippen molar-refractivity contribution >= 4 is 23.3 Å². The summed E-state index contributed by atoms with van der Waals surface area (Å²) in [4.78, 5) is 3.32. The second-order valence-corrected chi connectivity index (χ2v) is 5.15. The van der Waals surface area contributed by atoms with Crippen molar-refractivity contribution < 1.29 is 0 Å². The van der Waals surface area contributed by atoms with Crippen LogP contribution in [-0.4, -0.2) is 9.55 Å². The Bertz CT molecular complexity index is 633. The number of hydrogen-bond acceptors (Lipinski definition) is 1. The summed E-state index contributed by atoms with van der Waals surface area (Å²) in [5, 5.41) is 0. The molecule has 1 atom stereocenters. The number of nitrogens with zero attached hydrogens (tertiary/aromatic N) is 1. The fourth-order valence-corrected chi connectivity index (χ4v) is 2.98. The summed E-state index contributed by atoms with van der Waals surface area (Å²) in [6.07, 6.45) is 7.97. The summed E-state index contributed by atoms with van der Waals surface area (Å²) in [7, 11) is 0. The average Bonchev–Trinajstić information content (AvgIpc) is 2.65. The van der Waals surface area contributed by atoms with E-state index in [0.29, 0.717) is 6.04 Å². The maximum atomic E-state index is 5.46. The minimum atomic E-state index is 0.518. The lowest BCUT2D eigenvalue weighted by Crippen LogP contribution is -2.10. The molecular weight excluding hydrogens is 228 g/mol. The summed E-state index contributed by atoms with van der Waals surface area (Å²) >= 11 is 5.46. The van der Waals surface area contributed by atoms with Crippen molar-refractivity contribution in [1.29, 1.82) is 0 Å². The largest absolute Gasteiger partial charge is 0.331 e. The molecule has 1 aliphatic carbocycles. The standard InChI is InChI=1S/C14H16N2S/c1-10-7-8-13-12(9-10)15-14(17)16(13)11-5-3-2-4-6-11/h2-3,7-9,11H,4-6H2,1H3,(H,15,17). The molecule has 88 valence electrons. The van der Waals surface area contributed by atoms with E-state index in [0.717, 1.165) is 23.1 Å². The van der Waals surface area contributed by atoms with Crippen LogP contribution >= 0.6 is 12.2 Å². The number of aromatic amines is 1. The summed E-state index contributed by atoms with van der Waals surface area (Å²) in [5.41, 5.74) is 3.66. The first kappa shape index (κ1) is 10.8. The van der Waals surface area contributed by atoms with Crippen molar-refractivity contribution in [2.24, 2.45) is 0 Å². The molecule has 0 aliphatic heterocycles. The number of imidazole rings is 1. The Labute approximate surface area is 106 Å². The number of hydrogen-bond donors (Lipinski definition) is 1. The zero-order valence-electron chi connectivity index (χ0n) is 9.94. The SMILES string of the molecule is Cc1ccc2c(c1)[nH]c(=S)n2C1CC=CCC1. The predicted molar refractivity (Wildman–Crippen MR) is 73.9 cm³/mol. The van der Waals surface area contributed by atoms with E-state index in [1.807, 2.05) is 0 Å². The minimum Gasteiger partial charge on any atom is -0.331 e. The van der Waals surface area contributed by atoms with Gasteiger partial charge in [0.15, 0.2) is 4.77 Å². The van der Waals surface area contributed by atoms with Gasteiger partial charge in [-0.05, 0) is 56.1 Å². The van der Waals surface area contributed by atoms with Crippen LogP contribution in [0.4, 0.5) is 0 Å². The quantitative estimate of drug-likeness (QED) is 0.586. The van der Waals surface area contributed by atoms with Gasteiger partial charge in [-0.15, -0.1) is 0 Å². The number of aryl methyl sites for hydroxylation is 1. The van der Waals surface area contributed by atoms with Gasteiger partial charge in [0.2, 0.25) is 0 Å². The van der Waals surface area contributed by atoms with Crippen LogP contribution in [-0.2, 0) is 0 Å². The topological polar surface area (TPSA) is 20.7 Å². The normalized spacial score (nSPS) is 19.9. The van der Waals surface area contributed by atoms with E-state index in [1.54, 1.807) is 0 Å². The molecule has 3 heteroatoms. The second-order valence-electron chi connectivity index (χ2n) is 4.76. The number of benzene rings is 1. The molecular formula is C14H16N2S. The third kappa shape index (κ3) is 1.84. The maximum absolute atomic E-state index is 5.46. The Morgan fingerprint density at radius 3 is 3.00 bits per heavy atom. The van der Waals surface area contributed by atoms with Crippen LogP contribution in [0.5, 0.6) is 0 Å². The number of nitrogens with one attached hydrogen (secondary N) is 1. The lowest BCUT2D eigenvalue weighted by Gasteiger charge is -2.20. The number of rotatable bonds is 1. The molecule has 2 nitrogen and oxygen atoms in total. The van der Waals surface area contributed by atoms with Crippen molar-refractivity contribution in [3.05, 3.63) is 40.7 Å². The molecule has 1 aromatic heterocycles. The van der Waals surface area contributed by atoms with Crippen molar-refractivity contribution in [3.63, 3.8) is 0 Å². The molecule has 1 N–H and O–H groups in total. The van der Waals surface area contributed by atoms with Gasteiger partial charge in [-0.2, -0.15) is 0 Å². The van der Waals surface area contributed by atoms with Gasteiger partial charge in [0.25, 0.3) is 0 Å². The third-order valence-corrected chi connectivity index (χ3v) is 3.78. The number of aromatic nitrogens is 2. The average molecular weight is 244 g/mol. The van der Waals surface area contributed by atoms with E-state index in [2.05, 4.69) is 46.8 Å². The van der Waals surface area contributed by atoms with Gasteiger partial charge in [0.1, 0.15) is 0 Å². The smallest absolute Gasteiger partial charge is 0.178 e. The van der Waals surface area contributed by atoms with Gasteiger partial charge >= 0.3 is 0 Å². The van der Waals surface area contributed by atoms with Crippen LogP contribution in [0.2, 0.25) is 0 Å². The molecule has 1 aliphatic rings. The van der Waals surface area contributed by atoms with E-state index in [-0.39, 0.29) is 0 Å². The highest BCUT2D eigenvalue weighted by molar-refractivity contribution is 7.71. The first-order chi connectivity index (χ1) is 8.25. The predicted octanol–water partition coefficient (Wildman–Crippen LogP) is 4.29. The molecule has 0 fully saturated rings. The Morgan fingerprint density at radius 1 is 1.35 bits per heavy atom. The molecule has 0 radical (unpaired) electrons. The first-order valence-electron chi connectivity index (χ1n) is 6.11. The van der Waals surface area contributed by atoms with Crippen molar-refractivity contribution in [3.8, 4) is 0 Å². The molecule has 0 spiro atoms. The van der Waals surface area contributed by atoms with E-state index in [9.17, 15) is 0 Å².